The molecule has 0 bridgehead atoms. The number of carbonyl (C=O) groups excluding carboxylic acids is 3. The molecule has 0 spiro atoms. The molecule has 0 radical (unpaired) electrons. The van der Waals surface area contributed by atoms with Gasteiger partial charge in [0.25, 0.3) is 5.69 Å². The summed E-state index contributed by atoms with van der Waals surface area (Å²) in [5.41, 5.74) is 3.00. The molecule has 1 fully saturated rings. The van der Waals surface area contributed by atoms with Crippen LogP contribution in [0.3, 0.4) is 0 Å². The van der Waals surface area contributed by atoms with E-state index in [1.807, 2.05) is 26.0 Å². The summed E-state index contributed by atoms with van der Waals surface area (Å²) >= 11 is 1.31. The minimum Gasteiger partial charge on any atom is -0.459 e. The summed E-state index contributed by atoms with van der Waals surface area (Å²) in [4.78, 5) is 59.3. The first-order valence-electron chi connectivity index (χ1n) is 16.3. The molecule has 3 heterocycles. The number of aryl methyl sites for hydroxylation is 2. The minimum atomic E-state index is -1.32. The third kappa shape index (κ3) is 6.96. The Hall–Kier alpha value is -6.05. The number of carbonyl (C=O) groups is 3. The second-order valence-electron chi connectivity index (χ2n) is 12.2. The van der Waals surface area contributed by atoms with Crippen molar-refractivity contribution < 1.29 is 38.3 Å². The maximum Gasteiger partial charge on any atom is 0.338 e. The highest BCUT2D eigenvalue weighted by Gasteiger charge is 2.54. The molecule has 52 heavy (non-hydrogen) atoms. The van der Waals surface area contributed by atoms with E-state index < -0.39 is 47.4 Å². The molecule has 2 aliphatic rings. The van der Waals surface area contributed by atoms with E-state index in [-0.39, 0.29) is 23.4 Å². The zero-order valence-corrected chi connectivity index (χ0v) is 28.7. The second-order valence-corrected chi connectivity index (χ2v) is 13.3. The van der Waals surface area contributed by atoms with Gasteiger partial charge in [-0.1, -0.05) is 72.4 Å². The molecule has 5 aromatic rings. The number of benzene rings is 4. The number of nitrogens with zero attached hydrogens (tertiary/aromatic N) is 3. The molecular weight excluding hydrogens is 687 g/mol. The molecule has 0 saturated carbocycles. The molecule has 4 atom stereocenters. The van der Waals surface area contributed by atoms with Gasteiger partial charge in [-0.25, -0.2) is 19.4 Å². The number of ether oxygens (including phenoxy) is 4. The van der Waals surface area contributed by atoms with Crippen LogP contribution in [0.25, 0.3) is 0 Å². The van der Waals surface area contributed by atoms with E-state index in [0.29, 0.717) is 22.0 Å². The Kier molecular flexibility index (Phi) is 9.70. The maximum absolute atomic E-state index is 13.8. The maximum atomic E-state index is 13.8. The highest BCUT2D eigenvalue weighted by molar-refractivity contribution is 7.99. The van der Waals surface area contributed by atoms with Gasteiger partial charge < -0.3 is 18.9 Å². The zero-order valence-electron chi connectivity index (χ0n) is 27.9. The molecule has 0 aliphatic carbocycles. The number of anilines is 2. The lowest BCUT2D eigenvalue weighted by Gasteiger charge is -2.38. The summed E-state index contributed by atoms with van der Waals surface area (Å²) in [6.45, 7) is 3.47. The summed E-state index contributed by atoms with van der Waals surface area (Å²) in [5.74, 6) is -1.77. The SMILES string of the molecule is Cc1cc(C)c2c(c1)Sc1cc([N+](=O)[O-])cnc1N2[C@@H]1O[C@H](COC(=O)c2ccccc2)[C@@H](OC(=O)c2ccccc2)[C@H]1OC(=O)c1ccccc1. The molecule has 4 aromatic carbocycles. The Balaban J connectivity index is 1.35. The van der Waals surface area contributed by atoms with E-state index in [1.54, 1.807) is 95.9 Å². The average molecular weight is 718 g/mol. The summed E-state index contributed by atoms with van der Waals surface area (Å²) in [5, 5.41) is 11.8. The largest absolute Gasteiger partial charge is 0.459 e. The molecule has 1 aromatic heterocycles. The highest BCUT2D eigenvalue weighted by Crippen LogP contribution is 2.52. The highest BCUT2D eigenvalue weighted by atomic mass is 32.2. The third-order valence-electron chi connectivity index (χ3n) is 8.56. The van der Waals surface area contributed by atoms with Crippen LogP contribution in [0.4, 0.5) is 17.2 Å². The number of hydrogen-bond donors (Lipinski definition) is 0. The van der Waals surface area contributed by atoms with Crippen LogP contribution in [0.2, 0.25) is 0 Å². The topological polar surface area (TPSA) is 147 Å². The van der Waals surface area contributed by atoms with Crippen LogP contribution in [0.15, 0.2) is 125 Å². The Labute approximate surface area is 302 Å². The van der Waals surface area contributed by atoms with Crippen molar-refractivity contribution in [1.82, 2.24) is 4.98 Å². The molecule has 0 unspecified atom stereocenters. The fourth-order valence-electron chi connectivity index (χ4n) is 6.23. The number of nitro groups is 1. The van der Waals surface area contributed by atoms with Crippen molar-refractivity contribution in [1.29, 1.82) is 0 Å². The smallest absolute Gasteiger partial charge is 0.338 e. The fraction of sp³-hybridized carbons (Fsp3) is 0.179. The lowest BCUT2D eigenvalue weighted by molar-refractivity contribution is -0.385. The van der Waals surface area contributed by atoms with E-state index in [0.717, 1.165) is 22.2 Å². The predicted molar refractivity (Wildman–Crippen MR) is 190 cm³/mol. The van der Waals surface area contributed by atoms with Gasteiger partial charge in [-0.2, -0.15) is 0 Å². The minimum absolute atomic E-state index is 0.209. The van der Waals surface area contributed by atoms with Gasteiger partial charge >= 0.3 is 17.9 Å². The van der Waals surface area contributed by atoms with Gasteiger partial charge in [-0.15, -0.1) is 0 Å². The molecule has 1 saturated heterocycles. The van der Waals surface area contributed by atoms with Crippen LogP contribution in [0.5, 0.6) is 0 Å². The van der Waals surface area contributed by atoms with E-state index >= 15 is 0 Å². The first-order valence-corrected chi connectivity index (χ1v) is 17.1. The molecule has 0 N–H and O–H groups in total. The first-order chi connectivity index (χ1) is 25.2. The van der Waals surface area contributed by atoms with Gasteiger partial charge in [-0.05, 0) is 67.4 Å². The van der Waals surface area contributed by atoms with Crippen molar-refractivity contribution in [3.63, 3.8) is 0 Å². The van der Waals surface area contributed by atoms with Crippen LogP contribution < -0.4 is 4.90 Å². The van der Waals surface area contributed by atoms with Crippen molar-refractivity contribution in [3.8, 4) is 0 Å². The quantitative estimate of drug-likeness (QED) is 0.0655. The lowest BCUT2D eigenvalue weighted by Crippen LogP contribution is -2.47. The summed E-state index contributed by atoms with van der Waals surface area (Å²) in [6.07, 6.45) is -3.81. The number of fused-ring (bicyclic) bond motifs is 2. The summed E-state index contributed by atoms with van der Waals surface area (Å²) in [6, 6.07) is 30.3. The zero-order chi connectivity index (χ0) is 36.4. The van der Waals surface area contributed by atoms with Gasteiger partial charge in [0.1, 0.15) is 24.7 Å². The fourth-order valence-corrected chi connectivity index (χ4v) is 7.49. The van der Waals surface area contributed by atoms with Crippen molar-refractivity contribution in [2.75, 3.05) is 11.5 Å². The number of hydrogen-bond acceptors (Lipinski definition) is 12. The van der Waals surface area contributed by atoms with Gasteiger partial charge in [0.15, 0.2) is 18.4 Å². The van der Waals surface area contributed by atoms with Crippen LogP contribution >= 0.6 is 11.8 Å². The third-order valence-corrected chi connectivity index (χ3v) is 9.61. The summed E-state index contributed by atoms with van der Waals surface area (Å²) < 4.78 is 24.7. The molecule has 0 amide bonds. The van der Waals surface area contributed by atoms with Gasteiger partial charge in [0.05, 0.1) is 32.2 Å². The molecular formula is C39H31N3O9S. The number of rotatable bonds is 9. The standard InChI is InChI=1S/C39H31N3O9S/c1-23-18-24(2)32-30(19-23)52-31-20-28(42(46)47)21-40-35(31)41(32)36-34(51-39(45)27-16-10-5-11-17-27)33(50-38(44)26-14-8-4-9-15-26)29(49-36)22-48-37(43)25-12-6-3-7-13-25/h3-21,29,33-34,36H,22H2,1-2H3/t29-,33-,34-,36-/m1/s1. The molecule has 2 aliphatic heterocycles. The average Bonchev–Trinajstić information content (AvgIpc) is 3.48. The molecule has 13 heteroatoms. The van der Waals surface area contributed by atoms with Crippen LogP contribution in [0, 0.1) is 24.0 Å². The number of pyridine rings is 1. The monoisotopic (exact) mass is 717 g/mol. The number of aromatic nitrogens is 1. The summed E-state index contributed by atoms with van der Waals surface area (Å²) in [7, 11) is 0. The molecule has 7 rings (SSSR count). The van der Waals surface area contributed by atoms with Crippen molar-refractivity contribution in [2.24, 2.45) is 0 Å². The molecule has 12 nitrogen and oxygen atoms in total. The van der Waals surface area contributed by atoms with Gasteiger partial charge in [0.2, 0.25) is 0 Å². The van der Waals surface area contributed by atoms with Crippen molar-refractivity contribution in [3.05, 3.63) is 153 Å². The van der Waals surface area contributed by atoms with Gasteiger partial charge in [0, 0.05) is 11.0 Å². The normalized spacial score (nSPS) is 18.8. The van der Waals surface area contributed by atoms with Crippen LogP contribution in [-0.4, -0.2) is 59.0 Å². The van der Waals surface area contributed by atoms with Gasteiger partial charge in [-0.3, -0.25) is 15.0 Å². The molecule has 262 valence electrons. The lowest BCUT2D eigenvalue weighted by atomic mass is 10.1. The number of esters is 3. The van der Waals surface area contributed by atoms with Crippen molar-refractivity contribution in [2.45, 2.75) is 48.2 Å². The second kappa shape index (κ2) is 14.7. The van der Waals surface area contributed by atoms with E-state index in [2.05, 4.69) is 4.98 Å². The first kappa shape index (κ1) is 34.4. The Bertz CT molecular complexity index is 2150. The van der Waals surface area contributed by atoms with Crippen LogP contribution in [-0.2, 0) is 18.9 Å². The van der Waals surface area contributed by atoms with E-state index in [1.165, 1.54) is 17.8 Å². The predicted octanol–water partition coefficient (Wildman–Crippen LogP) is 7.24. The van der Waals surface area contributed by atoms with E-state index in [9.17, 15) is 24.5 Å². The Morgan fingerprint density at radius 1 is 0.788 bits per heavy atom. The van der Waals surface area contributed by atoms with Crippen molar-refractivity contribution >= 4 is 46.9 Å². The Morgan fingerprint density at radius 3 is 1.92 bits per heavy atom. The Morgan fingerprint density at radius 2 is 1.35 bits per heavy atom. The van der Waals surface area contributed by atoms with E-state index in [4.69, 9.17) is 18.9 Å². The van der Waals surface area contributed by atoms with Crippen LogP contribution in [0.1, 0.15) is 42.2 Å².